The normalized spacial score (nSPS) is 11.7. The van der Waals surface area contributed by atoms with Crippen LogP contribution in [0.3, 0.4) is 0 Å². The summed E-state index contributed by atoms with van der Waals surface area (Å²) in [6.45, 7) is 8.47. The topological polar surface area (TPSA) is 52.6 Å². The smallest absolute Gasteiger partial charge is 0.457 e. The van der Waals surface area contributed by atoms with Crippen LogP contribution in [-0.4, -0.2) is 11.6 Å². The van der Waals surface area contributed by atoms with Crippen LogP contribution >= 0.6 is 7.26 Å². The van der Waals surface area contributed by atoms with Gasteiger partial charge < -0.3 is 4.74 Å². The van der Waals surface area contributed by atoms with Gasteiger partial charge in [0.15, 0.2) is 5.78 Å². The molecule has 330 valence electrons. The summed E-state index contributed by atoms with van der Waals surface area (Å²) in [5, 5.41) is 5.06. The van der Waals surface area contributed by atoms with E-state index >= 15 is 0 Å². The van der Waals surface area contributed by atoms with E-state index in [0.717, 1.165) is 33.8 Å². The van der Waals surface area contributed by atoms with Crippen LogP contribution in [0.15, 0.2) is 224 Å². The summed E-state index contributed by atoms with van der Waals surface area (Å²) < 4.78 is 26.0. The molecule has 0 N–H and O–H groups in total. The van der Waals surface area contributed by atoms with E-state index in [9.17, 15) is 14.0 Å². The number of carbonyl (C=O) groups excluding carboxylic acids is 2. The van der Waals surface area contributed by atoms with Crippen molar-refractivity contribution in [1.82, 2.24) is 0 Å². The molecule has 6 heteroatoms. The third-order valence-electron chi connectivity index (χ3n) is 12.8. The predicted molar refractivity (Wildman–Crippen MR) is 273 cm³/mol. The maximum atomic E-state index is 13.9. The van der Waals surface area contributed by atoms with Gasteiger partial charge in [-0.1, -0.05) is 38.1 Å². The summed E-state index contributed by atoms with van der Waals surface area (Å²) in [5.41, 5.74) is 6.05. The molecule has 0 aliphatic heterocycles. The quantitative estimate of drug-likeness (QED) is 0.0806. The molecule has 0 saturated carbocycles. The Morgan fingerprint density at radius 2 is 0.716 bits per heavy atom. The first-order chi connectivity index (χ1) is 32.5. The predicted octanol–water partition coefficient (Wildman–Crippen LogP) is 13.2. The van der Waals surface area contributed by atoms with Crippen LogP contribution in [0.25, 0.3) is 0 Å². The van der Waals surface area contributed by atoms with Crippen molar-refractivity contribution in [3.05, 3.63) is 275 Å². The van der Waals surface area contributed by atoms with Crippen LogP contribution in [-0.2, 0) is 5.41 Å². The van der Waals surface area contributed by atoms with E-state index in [0.29, 0.717) is 33.8 Å². The van der Waals surface area contributed by atoms with E-state index in [-0.39, 0.29) is 22.8 Å². The number of aryl methyl sites for hydroxylation is 2. The molecule has 0 heterocycles. The van der Waals surface area contributed by atoms with Crippen molar-refractivity contribution in [2.75, 3.05) is 0 Å². The molecular weight excluding hydrogens is 847 g/mol. The zero-order valence-electron chi connectivity index (χ0n) is 37.9. The molecule has 9 aromatic rings. The molecule has 9 aromatic carbocycles. The summed E-state index contributed by atoms with van der Waals surface area (Å²) in [5.74, 6) is 2.10. The minimum atomic E-state index is -2.69. The van der Waals surface area contributed by atoms with E-state index < -0.39 is 7.26 Å². The molecule has 0 spiro atoms. The first kappa shape index (κ1) is 44.5. The van der Waals surface area contributed by atoms with E-state index in [1.54, 1.807) is 24.3 Å². The Morgan fingerprint density at radius 3 is 1.06 bits per heavy atom. The average molecular weight is 897 g/mol. The number of halogens is 1. The standard InChI is InChI=1S/C61H50FO4P/c1-42-40-48(28-38-57(42)65-51-32-22-45(23-33-51)59(63)44-20-30-50(62)31-21-44)61(3,4)49-29-39-58(43(2)41-49)66-52-34-24-46(25-35-52)60(64)47-26-36-56(37-27-47)67(53-14-8-5-9-15-53,54-16-10-6-11-17-54)55-18-12-7-13-19-55/h5-41,67H,1-4H3. The first-order valence-corrected chi connectivity index (χ1v) is 24.4. The number of carbonyl (C=O) groups is 2. The molecule has 67 heavy (non-hydrogen) atoms. The third-order valence-corrected chi connectivity index (χ3v) is 17.6. The summed E-state index contributed by atoms with van der Waals surface area (Å²) >= 11 is 0. The van der Waals surface area contributed by atoms with Crippen molar-refractivity contribution in [3.8, 4) is 23.0 Å². The van der Waals surface area contributed by atoms with E-state index in [1.807, 2.05) is 62.4 Å². The Labute approximate surface area is 392 Å². The zero-order valence-corrected chi connectivity index (χ0v) is 38.9. The molecule has 0 amide bonds. The fourth-order valence-corrected chi connectivity index (χ4v) is 13.7. The van der Waals surface area contributed by atoms with Gasteiger partial charge in [-0.05, 0) is 85.1 Å². The fraction of sp³-hybridized carbons (Fsp3) is 0.0820. The van der Waals surface area contributed by atoms with Crippen molar-refractivity contribution in [2.45, 2.75) is 33.1 Å². The minimum absolute atomic E-state index is 0.0477. The number of ketones is 2. The van der Waals surface area contributed by atoms with Crippen LogP contribution in [0.2, 0.25) is 0 Å². The Morgan fingerprint density at radius 1 is 0.403 bits per heavy atom. The molecule has 4 nitrogen and oxygen atoms in total. The summed E-state index contributed by atoms with van der Waals surface area (Å²) in [6.07, 6.45) is 0. The van der Waals surface area contributed by atoms with Gasteiger partial charge in [0.1, 0.15) is 17.3 Å². The van der Waals surface area contributed by atoms with Gasteiger partial charge in [0.25, 0.3) is 0 Å². The van der Waals surface area contributed by atoms with Crippen molar-refractivity contribution in [2.24, 2.45) is 0 Å². The Balaban J connectivity index is 0.874. The van der Waals surface area contributed by atoms with Crippen LogP contribution in [0.1, 0.15) is 67.9 Å². The number of ether oxygens (including phenoxy) is 2. The summed E-state index contributed by atoms with van der Waals surface area (Å²) in [4.78, 5) is 26.8. The van der Waals surface area contributed by atoms with Crippen molar-refractivity contribution >= 4 is 40.0 Å². The van der Waals surface area contributed by atoms with Gasteiger partial charge in [-0.3, -0.25) is 4.79 Å². The summed E-state index contributed by atoms with van der Waals surface area (Å²) in [6, 6.07) is 72.9. The second-order valence-corrected chi connectivity index (χ2v) is 21.2. The number of rotatable bonds is 14. The molecule has 0 saturated heterocycles. The van der Waals surface area contributed by atoms with Crippen LogP contribution in [0, 0.1) is 19.7 Å². The average Bonchev–Trinajstić information content (AvgIpc) is 3.37. The van der Waals surface area contributed by atoms with Gasteiger partial charge in [-0.15, -0.1) is 0 Å². The first-order valence-electron chi connectivity index (χ1n) is 22.4. The van der Waals surface area contributed by atoms with E-state index in [4.69, 9.17) is 9.47 Å². The van der Waals surface area contributed by atoms with Crippen molar-refractivity contribution in [1.29, 1.82) is 0 Å². The molecule has 0 aromatic heterocycles. The Bertz CT molecular complexity index is 3070. The zero-order chi connectivity index (χ0) is 46.5. The van der Waals surface area contributed by atoms with Crippen LogP contribution in [0.4, 0.5) is 4.39 Å². The fourth-order valence-electron chi connectivity index (χ4n) is 8.95. The SMILES string of the molecule is Cc1cc(C(C)(C)c2ccc(Oc3ccc(C(=O)c4ccc([PH](c5ccccc5)(c5ccccc5)c5ccccc5)cc4)cc3)c(C)c2)ccc1Oc1ccc(C(=O)c2ccc(F)cc2)cc1. The van der Waals surface area contributed by atoms with Gasteiger partial charge in [-0.2, -0.15) is 0 Å². The van der Waals surface area contributed by atoms with E-state index in [1.165, 1.54) is 45.5 Å². The molecule has 0 aliphatic rings. The van der Waals surface area contributed by atoms with Crippen molar-refractivity contribution in [3.63, 3.8) is 0 Å². The number of benzene rings is 9. The second kappa shape index (κ2) is 19.0. The van der Waals surface area contributed by atoms with Gasteiger partial charge in [0.05, 0.1) is 0 Å². The minimum Gasteiger partial charge on any atom is -0.457 e. The molecule has 0 radical (unpaired) electrons. The molecule has 0 aliphatic carbocycles. The molecule has 0 atom stereocenters. The monoisotopic (exact) mass is 896 g/mol. The molecule has 0 bridgehead atoms. The third kappa shape index (κ3) is 9.12. The number of hydrogen-bond acceptors (Lipinski definition) is 4. The number of hydrogen-bond donors (Lipinski definition) is 0. The second-order valence-electron chi connectivity index (χ2n) is 17.4. The van der Waals surface area contributed by atoms with Gasteiger partial charge in [-0.25, -0.2) is 4.39 Å². The Kier molecular flexibility index (Phi) is 12.6. The molecule has 9 rings (SSSR count). The van der Waals surface area contributed by atoms with Crippen LogP contribution in [0.5, 0.6) is 23.0 Å². The Hall–Kier alpha value is -7.72. The van der Waals surface area contributed by atoms with Gasteiger partial charge in [0, 0.05) is 16.5 Å². The van der Waals surface area contributed by atoms with Crippen LogP contribution < -0.4 is 30.7 Å². The van der Waals surface area contributed by atoms with Gasteiger partial charge in [0.2, 0.25) is 0 Å². The van der Waals surface area contributed by atoms with Gasteiger partial charge >= 0.3 is 218 Å². The van der Waals surface area contributed by atoms with Crippen molar-refractivity contribution < 1.29 is 23.5 Å². The molecule has 0 fully saturated rings. The summed E-state index contributed by atoms with van der Waals surface area (Å²) in [7, 11) is -2.69. The molecular formula is C61H50FO4P. The van der Waals surface area contributed by atoms with E-state index in [2.05, 4.69) is 141 Å². The molecule has 0 unspecified atom stereocenters. The maximum absolute atomic E-state index is 13.9.